The molecule has 8 aromatic rings. The van der Waals surface area contributed by atoms with Gasteiger partial charge in [0.1, 0.15) is 0 Å². The molecule has 0 unspecified atom stereocenters. The molecule has 0 bridgehead atoms. The maximum absolute atomic E-state index is 2.36. The first-order valence-corrected chi connectivity index (χ1v) is 18.1. The van der Waals surface area contributed by atoms with E-state index in [0.717, 1.165) is 47.0 Å². The summed E-state index contributed by atoms with van der Waals surface area (Å²) in [4.78, 5) is 4.71. The molecular weight excluding hydrogens is 629 g/mol. The second-order valence-electron chi connectivity index (χ2n) is 13.3. The van der Waals surface area contributed by atoms with Gasteiger partial charge >= 0.3 is 0 Å². The standard InChI is InChI=1S/C50H38N2/c1-3-11-37(12-4-1)41-19-25-45(26-20-41)51(46-27-21-42(22-28-46)38-13-5-2-6-14-38)47-31-33-48(34-32-47)52(49-29-23-39-15-7-9-17-43(39)35-49)50-30-24-40-16-8-10-18-44(40)36-50/h1,3-5,7-36H,2,6H2. The Morgan fingerprint density at radius 2 is 0.712 bits per heavy atom. The van der Waals surface area contributed by atoms with Gasteiger partial charge < -0.3 is 9.80 Å². The topological polar surface area (TPSA) is 6.48 Å². The van der Waals surface area contributed by atoms with Crippen LogP contribution in [0, 0.1) is 0 Å². The van der Waals surface area contributed by atoms with Gasteiger partial charge in [0.05, 0.1) is 0 Å². The number of hydrogen-bond donors (Lipinski definition) is 0. The number of hydrogen-bond acceptors (Lipinski definition) is 2. The predicted octanol–water partition coefficient (Wildman–Crippen LogP) is 14.3. The number of anilines is 6. The fraction of sp³-hybridized carbons (Fsp3) is 0.0400. The van der Waals surface area contributed by atoms with Crippen molar-refractivity contribution in [2.24, 2.45) is 0 Å². The first kappa shape index (κ1) is 31.3. The van der Waals surface area contributed by atoms with Crippen LogP contribution in [0.25, 0.3) is 38.2 Å². The summed E-state index contributed by atoms with van der Waals surface area (Å²) in [6.45, 7) is 0. The summed E-state index contributed by atoms with van der Waals surface area (Å²) in [6.07, 6.45) is 9.06. The first-order valence-electron chi connectivity index (χ1n) is 18.1. The van der Waals surface area contributed by atoms with Crippen LogP contribution < -0.4 is 9.80 Å². The summed E-state index contributed by atoms with van der Waals surface area (Å²) < 4.78 is 0. The van der Waals surface area contributed by atoms with E-state index >= 15 is 0 Å². The molecule has 8 aromatic carbocycles. The van der Waals surface area contributed by atoms with Gasteiger partial charge in [-0.2, -0.15) is 0 Å². The zero-order valence-electron chi connectivity index (χ0n) is 28.9. The minimum absolute atomic E-state index is 1.09. The lowest BCUT2D eigenvalue weighted by atomic mass is 9.99. The highest BCUT2D eigenvalue weighted by Crippen LogP contribution is 2.41. The van der Waals surface area contributed by atoms with E-state index in [2.05, 4.69) is 216 Å². The Morgan fingerprint density at radius 3 is 1.21 bits per heavy atom. The molecule has 0 aliphatic heterocycles. The molecule has 1 aliphatic carbocycles. The van der Waals surface area contributed by atoms with Crippen molar-refractivity contribution in [2.45, 2.75) is 12.8 Å². The lowest BCUT2D eigenvalue weighted by Gasteiger charge is -2.29. The molecule has 0 amide bonds. The second kappa shape index (κ2) is 13.9. The molecule has 0 saturated carbocycles. The van der Waals surface area contributed by atoms with Crippen LogP contribution in [-0.2, 0) is 0 Å². The van der Waals surface area contributed by atoms with E-state index in [9.17, 15) is 0 Å². The molecule has 2 nitrogen and oxygen atoms in total. The Morgan fingerprint density at radius 1 is 0.308 bits per heavy atom. The molecule has 0 atom stereocenters. The number of benzene rings is 8. The van der Waals surface area contributed by atoms with E-state index < -0.39 is 0 Å². The van der Waals surface area contributed by atoms with Gasteiger partial charge in [-0.1, -0.05) is 133 Å². The zero-order chi connectivity index (χ0) is 34.7. The monoisotopic (exact) mass is 666 g/mol. The van der Waals surface area contributed by atoms with Crippen LogP contribution in [0.4, 0.5) is 34.1 Å². The summed E-state index contributed by atoms with van der Waals surface area (Å²) in [5.74, 6) is 0. The molecule has 2 heteroatoms. The van der Waals surface area contributed by atoms with Crippen LogP contribution in [0.5, 0.6) is 0 Å². The molecule has 0 saturated heterocycles. The molecule has 0 N–H and O–H groups in total. The minimum Gasteiger partial charge on any atom is -0.311 e. The van der Waals surface area contributed by atoms with E-state index in [0.29, 0.717) is 0 Å². The highest BCUT2D eigenvalue weighted by atomic mass is 15.2. The smallest absolute Gasteiger partial charge is 0.0468 e. The van der Waals surface area contributed by atoms with Crippen LogP contribution in [0.1, 0.15) is 18.4 Å². The van der Waals surface area contributed by atoms with Gasteiger partial charge in [-0.25, -0.2) is 0 Å². The summed E-state index contributed by atoms with van der Waals surface area (Å²) >= 11 is 0. The van der Waals surface area contributed by atoms with Crippen LogP contribution >= 0.6 is 0 Å². The molecule has 1 aliphatic rings. The van der Waals surface area contributed by atoms with Gasteiger partial charge in [0, 0.05) is 34.1 Å². The van der Waals surface area contributed by atoms with Gasteiger partial charge in [-0.15, -0.1) is 0 Å². The molecule has 0 aromatic heterocycles. The average Bonchev–Trinajstić information content (AvgIpc) is 3.23. The van der Waals surface area contributed by atoms with Crippen LogP contribution in [0.3, 0.4) is 0 Å². The summed E-state index contributed by atoms with van der Waals surface area (Å²) in [5.41, 5.74) is 11.6. The van der Waals surface area contributed by atoms with Gasteiger partial charge in [0.15, 0.2) is 0 Å². The largest absolute Gasteiger partial charge is 0.311 e. The van der Waals surface area contributed by atoms with Crippen LogP contribution in [-0.4, -0.2) is 0 Å². The van der Waals surface area contributed by atoms with E-state index in [1.807, 2.05) is 0 Å². The zero-order valence-corrected chi connectivity index (χ0v) is 28.9. The number of fused-ring (bicyclic) bond motifs is 2. The van der Waals surface area contributed by atoms with E-state index in [-0.39, 0.29) is 0 Å². The second-order valence-corrected chi connectivity index (χ2v) is 13.3. The van der Waals surface area contributed by atoms with Crippen molar-refractivity contribution in [1.29, 1.82) is 0 Å². The van der Waals surface area contributed by atoms with E-state index in [1.165, 1.54) is 43.8 Å². The Bertz CT molecular complexity index is 2470. The molecule has 9 rings (SSSR count). The highest BCUT2D eigenvalue weighted by molar-refractivity contribution is 5.93. The maximum Gasteiger partial charge on any atom is 0.0468 e. The average molecular weight is 667 g/mol. The van der Waals surface area contributed by atoms with Gasteiger partial charge in [-0.3, -0.25) is 0 Å². The lowest BCUT2D eigenvalue weighted by Crippen LogP contribution is -2.12. The van der Waals surface area contributed by atoms with Crippen LogP contribution in [0.15, 0.2) is 206 Å². The van der Waals surface area contributed by atoms with Crippen molar-refractivity contribution in [1.82, 2.24) is 0 Å². The molecule has 52 heavy (non-hydrogen) atoms. The first-order chi connectivity index (χ1) is 25.8. The Hall–Kier alpha value is -6.64. The van der Waals surface area contributed by atoms with Crippen molar-refractivity contribution >= 4 is 61.2 Å². The van der Waals surface area contributed by atoms with Crippen molar-refractivity contribution < 1.29 is 0 Å². The Kier molecular flexibility index (Phi) is 8.40. The SMILES string of the molecule is C1=CC(c2ccc(N(c3ccc(-c4ccccc4)cc3)c3ccc(N(c4ccc5ccccc5c4)c4ccc5ccccc5c4)cc3)cc2)=CCC1. The molecular formula is C50H38N2. The highest BCUT2D eigenvalue weighted by Gasteiger charge is 2.17. The summed E-state index contributed by atoms with van der Waals surface area (Å²) in [7, 11) is 0. The third kappa shape index (κ3) is 6.27. The van der Waals surface area contributed by atoms with E-state index in [1.54, 1.807) is 0 Å². The van der Waals surface area contributed by atoms with Gasteiger partial charge in [0.25, 0.3) is 0 Å². The third-order valence-corrected chi connectivity index (χ3v) is 10.0. The molecule has 0 spiro atoms. The molecule has 0 heterocycles. The third-order valence-electron chi connectivity index (χ3n) is 10.0. The number of nitrogens with zero attached hydrogens (tertiary/aromatic N) is 2. The van der Waals surface area contributed by atoms with Gasteiger partial charge in [0.2, 0.25) is 0 Å². The van der Waals surface area contributed by atoms with Crippen molar-refractivity contribution in [3.05, 3.63) is 212 Å². The van der Waals surface area contributed by atoms with Crippen LogP contribution in [0.2, 0.25) is 0 Å². The molecule has 0 fully saturated rings. The fourth-order valence-electron chi connectivity index (χ4n) is 7.34. The van der Waals surface area contributed by atoms with Gasteiger partial charge in [-0.05, 0) is 129 Å². The number of rotatable bonds is 8. The summed E-state index contributed by atoms with van der Waals surface area (Å²) in [5, 5.41) is 4.90. The Balaban J connectivity index is 1.13. The Labute approximate surface area is 305 Å². The van der Waals surface area contributed by atoms with Crippen molar-refractivity contribution in [2.75, 3.05) is 9.80 Å². The normalized spacial score (nSPS) is 12.5. The minimum atomic E-state index is 1.09. The van der Waals surface area contributed by atoms with Crippen molar-refractivity contribution in [3.8, 4) is 11.1 Å². The van der Waals surface area contributed by atoms with Crippen molar-refractivity contribution in [3.63, 3.8) is 0 Å². The lowest BCUT2D eigenvalue weighted by molar-refractivity contribution is 1.04. The molecule has 0 radical (unpaired) electrons. The number of allylic oxidation sites excluding steroid dienone is 4. The summed E-state index contributed by atoms with van der Waals surface area (Å²) in [6, 6.07) is 68.0. The maximum atomic E-state index is 2.36. The molecule has 248 valence electrons. The quantitative estimate of drug-likeness (QED) is 0.159. The van der Waals surface area contributed by atoms with E-state index in [4.69, 9.17) is 0 Å². The predicted molar refractivity (Wildman–Crippen MR) is 223 cm³/mol. The fourth-order valence-corrected chi connectivity index (χ4v) is 7.34.